The molecule has 0 aromatic rings. The number of ether oxygens (including phenoxy) is 1. The van der Waals surface area contributed by atoms with Crippen molar-refractivity contribution >= 4 is 12.1 Å². The van der Waals surface area contributed by atoms with Gasteiger partial charge >= 0.3 is 12.1 Å². The van der Waals surface area contributed by atoms with Crippen LogP contribution in [0.1, 0.15) is 26.7 Å². The summed E-state index contributed by atoms with van der Waals surface area (Å²) in [6.45, 7) is 7.37. The number of rotatable bonds is 4. The van der Waals surface area contributed by atoms with Gasteiger partial charge in [-0.3, -0.25) is 0 Å². The van der Waals surface area contributed by atoms with E-state index in [1.807, 2.05) is 6.92 Å². The van der Waals surface area contributed by atoms with E-state index in [0.29, 0.717) is 6.54 Å². The predicted octanol–water partition coefficient (Wildman–Crippen LogP) is 1.62. The van der Waals surface area contributed by atoms with Crippen LogP contribution in [-0.4, -0.2) is 18.6 Å². The van der Waals surface area contributed by atoms with Crippen molar-refractivity contribution in [2.75, 3.05) is 6.54 Å². The van der Waals surface area contributed by atoms with Crippen molar-refractivity contribution in [2.24, 2.45) is 0 Å². The zero-order valence-corrected chi connectivity index (χ0v) is 8.05. The minimum absolute atomic E-state index is 0.214. The van der Waals surface area contributed by atoms with Crippen LogP contribution in [0.4, 0.5) is 4.79 Å². The van der Waals surface area contributed by atoms with Crippen molar-refractivity contribution in [2.45, 2.75) is 26.7 Å². The van der Waals surface area contributed by atoms with Gasteiger partial charge in [-0.05, 0) is 13.3 Å². The summed E-state index contributed by atoms with van der Waals surface area (Å²) >= 11 is 0. The SMILES string of the molecule is C=C(C)C(=O)OC(=O)NCCCC. The molecular weight excluding hydrogens is 170 g/mol. The fraction of sp³-hybridized carbons (Fsp3) is 0.556. The molecule has 74 valence electrons. The number of hydrogen-bond acceptors (Lipinski definition) is 3. The van der Waals surface area contributed by atoms with Crippen LogP contribution in [0.3, 0.4) is 0 Å². The second-order valence-corrected chi connectivity index (χ2v) is 2.74. The molecule has 0 aromatic heterocycles. The summed E-state index contributed by atoms with van der Waals surface area (Å²) in [4.78, 5) is 21.6. The lowest BCUT2D eigenvalue weighted by molar-refractivity contribution is -0.132. The standard InChI is InChI=1S/C9H15NO3/c1-4-5-6-10-9(12)13-8(11)7(2)3/h2,4-6H2,1,3H3,(H,10,12). The summed E-state index contributed by atoms with van der Waals surface area (Å²) in [5.74, 6) is -0.686. The highest BCUT2D eigenvalue weighted by molar-refractivity contribution is 5.94. The third-order valence-electron chi connectivity index (χ3n) is 1.33. The Morgan fingerprint density at radius 3 is 2.54 bits per heavy atom. The lowest BCUT2D eigenvalue weighted by Crippen LogP contribution is -2.27. The van der Waals surface area contributed by atoms with Gasteiger partial charge in [0.25, 0.3) is 0 Å². The van der Waals surface area contributed by atoms with Crippen LogP contribution in [0.15, 0.2) is 12.2 Å². The largest absolute Gasteiger partial charge is 0.415 e. The Hall–Kier alpha value is -1.32. The van der Waals surface area contributed by atoms with Crippen molar-refractivity contribution in [1.29, 1.82) is 0 Å². The minimum atomic E-state index is -0.707. The Bertz CT molecular complexity index is 211. The van der Waals surface area contributed by atoms with Crippen LogP contribution in [-0.2, 0) is 9.53 Å². The fourth-order valence-corrected chi connectivity index (χ4v) is 0.575. The molecule has 0 fully saturated rings. The van der Waals surface area contributed by atoms with Gasteiger partial charge in [-0.15, -0.1) is 0 Å². The smallest absolute Gasteiger partial charge is 0.373 e. The van der Waals surface area contributed by atoms with Gasteiger partial charge in [-0.1, -0.05) is 19.9 Å². The third-order valence-corrected chi connectivity index (χ3v) is 1.33. The highest BCUT2D eigenvalue weighted by Gasteiger charge is 2.09. The van der Waals surface area contributed by atoms with Gasteiger partial charge in [0, 0.05) is 12.1 Å². The van der Waals surface area contributed by atoms with Gasteiger partial charge in [0.05, 0.1) is 0 Å². The van der Waals surface area contributed by atoms with Crippen LogP contribution in [0.5, 0.6) is 0 Å². The van der Waals surface area contributed by atoms with Crippen LogP contribution in [0, 0.1) is 0 Å². The maximum absolute atomic E-state index is 10.8. The second-order valence-electron chi connectivity index (χ2n) is 2.74. The first-order valence-corrected chi connectivity index (χ1v) is 4.23. The van der Waals surface area contributed by atoms with Crippen LogP contribution in [0.2, 0.25) is 0 Å². The van der Waals surface area contributed by atoms with Crippen molar-refractivity contribution in [1.82, 2.24) is 5.32 Å². The number of esters is 1. The summed E-state index contributed by atoms with van der Waals surface area (Å²) in [6.07, 6.45) is 1.15. The number of unbranched alkanes of at least 4 members (excludes halogenated alkanes) is 1. The van der Waals surface area contributed by atoms with Crippen molar-refractivity contribution < 1.29 is 14.3 Å². The molecule has 0 aliphatic carbocycles. The van der Waals surface area contributed by atoms with E-state index >= 15 is 0 Å². The Balaban J connectivity index is 3.62. The first kappa shape index (κ1) is 11.7. The van der Waals surface area contributed by atoms with E-state index < -0.39 is 12.1 Å². The van der Waals surface area contributed by atoms with E-state index in [4.69, 9.17) is 0 Å². The monoisotopic (exact) mass is 185 g/mol. The molecule has 0 rings (SSSR count). The number of amides is 1. The lowest BCUT2D eigenvalue weighted by atomic mass is 10.3. The lowest BCUT2D eigenvalue weighted by Gasteiger charge is -2.03. The molecule has 0 spiro atoms. The molecule has 0 heterocycles. The molecule has 0 saturated heterocycles. The number of hydrogen-bond donors (Lipinski definition) is 1. The zero-order valence-electron chi connectivity index (χ0n) is 8.05. The Kier molecular flexibility index (Phi) is 5.59. The van der Waals surface area contributed by atoms with Crippen LogP contribution in [0.25, 0.3) is 0 Å². The van der Waals surface area contributed by atoms with Gasteiger partial charge in [-0.2, -0.15) is 0 Å². The van der Waals surface area contributed by atoms with Gasteiger partial charge in [0.2, 0.25) is 0 Å². The summed E-state index contributed by atoms with van der Waals surface area (Å²) in [5, 5.41) is 2.45. The summed E-state index contributed by atoms with van der Waals surface area (Å²) in [7, 11) is 0. The third kappa shape index (κ3) is 5.90. The van der Waals surface area contributed by atoms with E-state index in [0.717, 1.165) is 12.8 Å². The van der Waals surface area contributed by atoms with Gasteiger partial charge in [0.1, 0.15) is 0 Å². The van der Waals surface area contributed by atoms with Gasteiger partial charge in [-0.25, -0.2) is 9.59 Å². The van der Waals surface area contributed by atoms with Gasteiger partial charge in [0.15, 0.2) is 0 Å². The molecule has 0 aromatic carbocycles. The molecule has 0 aliphatic rings. The van der Waals surface area contributed by atoms with E-state index in [-0.39, 0.29) is 5.57 Å². The predicted molar refractivity (Wildman–Crippen MR) is 49.2 cm³/mol. The summed E-state index contributed by atoms with van der Waals surface area (Å²) in [5.41, 5.74) is 0.214. The number of carbonyl (C=O) groups excluding carboxylic acids is 2. The van der Waals surface area contributed by atoms with E-state index in [1.165, 1.54) is 6.92 Å². The molecule has 1 N–H and O–H groups in total. The molecule has 4 heteroatoms. The average Bonchev–Trinajstić information content (AvgIpc) is 2.04. The Morgan fingerprint density at radius 2 is 2.08 bits per heavy atom. The first-order valence-electron chi connectivity index (χ1n) is 4.23. The first-order chi connectivity index (χ1) is 6.07. The van der Waals surface area contributed by atoms with Crippen LogP contribution < -0.4 is 5.32 Å². The quantitative estimate of drug-likeness (QED) is 0.313. The molecule has 0 unspecified atom stereocenters. The highest BCUT2D eigenvalue weighted by Crippen LogP contribution is 1.92. The van der Waals surface area contributed by atoms with Crippen molar-refractivity contribution in [3.05, 3.63) is 12.2 Å². The van der Waals surface area contributed by atoms with E-state index in [2.05, 4.69) is 16.6 Å². The summed E-state index contributed by atoms with van der Waals surface area (Å²) < 4.78 is 4.37. The number of carbonyl (C=O) groups is 2. The summed E-state index contributed by atoms with van der Waals surface area (Å²) in [6, 6.07) is 0. The zero-order chi connectivity index (χ0) is 10.3. The molecule has 0 atom stereocenters. The molecule has 0 saturated carbocycles. The molecule has 0 bridgehead atoms. The van der Waals surface area contributed by atoms with Gasteiger partial charge < -0.3 is 10.1 Å². The normalized spacial score (nSPS) is 9.08. The van der Waals surface area contributed by atoms with Crippen molar-refractivity contribution in [3.63, 3.8) is 0 Å². The maximum atomic E-state index is 10.8. The van der Waals surface area contributed by atoms with Crippen molar-refractivity contribution in [3.8, 4) is 0 Å². The van der Waals surface area contributed by atoms with Crippen LogP contribution >= 0.6 is 0 Å². The molecular formula is C9H15NO3. The topological polar surface area (TPSA) is 55.4 Å². The average molecular weight is 185 g/mol. The fourth-order valence-electron chi connectivity index (χ4n) is 0.575. The molecule has 0 aliphatic heterocycles. The Labute approximate surface area is 78.0 Å². The minimum Gasteiger partial charge on any atom is -0.373 e. The highest BCUT2D eigenvalue weighted by atomic mass is 16.6. The maximum Gasteiger partial charge on any atom is 0.415 e. The number of nitrogens with one attached hydrogen (secondary N) is 1. The van der Waals surface area contributed by atoms with E-state index in [9.17, 15) is 9.59 Å². The molecule has 1 amide bonds. The molecule has 0 radical (unpaired) electrons. The Morgan fingerprint density at radius 1 is 1.46 bits per heavy atom. The molecule has 13 heavy (non-hydrogen) atoms. The second kappa shape index (κ2) is 6.22. The van der Waals surface area contributed by atoms with E-state index in [1.54, 1.807) is 0 Å². The molecule has 4 nitrogen and oxygen atoms in total. The number of alkyl carbamates (subject to hydrolysis) is 1.